The van der Waals surface area contributed by atoms with Gasteiger partial charge in [-0.05, 0) is 49.9 Å². The second kappa shape index (κ2) is 7.78. The quantitative estimate of drug-likeness (QED) is 0.783. The van der Waals surface area contributed by atoms with Gasteiger partial charge < -0.3 is 9.42 Å². The highest BCUT2D eigenvalue weighted by Crippen LogP contribution is 2.31. The third kappa shape index (κ3) is 3.78. The van der Waals surface area contributed by atoms with Crippen molar-refractivity contribution in [3.63, 3.8) is 0 Å². The van der Waals surface area contributed by atoms with Crippen molar-refractivity contribution in [2.75, 3.05) is 13.1 Å². The fraction of sp³-hybridized carbons (Fsp3) is 0.550. The summed E-state index contributed by atoms with van der Waals surface area (Å²) >= 11 is 5.93. The van der Waals surface area contributed by atoms with Crippen LogP contribution >= 0.6 is 11.6 Å². The second-order valence-electron chi connectivity index (χ2n) is 7.42. The van der Waals surface area contributed by atoms with Crippen molar-refractivity contribution in [3.8, 4) is 11.4 Å². The van der Waals surface area contributed by atoms with Gasteiger partial charge in [-0.1, -0.05) is 36.0 Å². The summed E-state index contributed by atoms with van der Waals surface area (Å²) in [5, 5.41) is 4.80. The van der Waals surface area contributed by atoms with E-state index in [0.717, 1.165) is 37.8 Å². The van der Waals surface area contributed by atoms with Crippen molar-refractivity contribution < 1.29 is 9.32 Å². The van der Waals surface area contributed by atoms with E-state index in [4.69, 9.17) is 16.1 Å². The van der Waals surface area contributed by atoms with Crippen LogP contribution < -0.4 is 0 Å². The molecule has 1 aromatic heterocycles. The van der Waals surface area contributed by atoms with Gasteiger partial charge in [0.25, 0.3) is 0 Å². The van der Waals surface area contributed by atoms with Gasteiger partial charge in [0.05, 0.1) is 5.92 Å². The minimum Gasteiger partial charge on any atom is -0.342 e. The summed E-state index contributed by atoms with van der Waals surface area (Å²) in [4.78, 5) is 19.4. The molecule has 1 aliphatic carbocycles. The Kier molecular flexibility index (Phi) is 5.25. The van der Waals surface area contributed by atoms with E-state index >= 15 is 0 Å². The van der Waals surface area contributed by atoms with E-state index in [9.17, 15) is 4.79 Å². The molecule has 2 heterocycles. The molecule has 0 unspecified atom stereocenters. The summed E-state index contributed by atoms with van der Waals surface area (Å²) in [5.41, 5.74) is 0.885. The topological polar surface area (TPSA) is 59.2 Å². The van der Waals surface area contributed by atoms with Crippen LogP contribution in [0.25, 0.3) is 11.4 Å². The molecule has 0 radical (unpaired) electrons. The van der Waals surface area contributed by atoms with Crippen LogP contribution in [0.1, 0.15) is 56.8 Å². The van der Waals surface area contributed by atoms with Crippen molar-refractivity contribution in [1.29, 1.82) is 0 Å². The van der Waals surface area contributed by atoms with Gasteiger partial charge in [0, 0.05) is 29.6 Å². The lowest BCUT2D eigenvalue weighted by Crippen LogP contribution is -2.42. The number of nitrogens with zero attached hydrogens (tertiary/aromatic N) is 3. The van der Waals surface area contributed by atoms with Gasteiger partial charge >= 0.3 is 0 Å². The Labute approximate surface area is 158 Å². The van der Waals surface area contributed by atoms with Crippen molar-refractivity contribution >= 4 is 17.5 Å². The van der Waals surface area contributed by atoms with Gasteiger partial charge in [-0.15, -0.1) is 0 Å². The van der Waals surface area contributed by atoms with Crippen molar-refractivity contribution in [2.45, 2.75) is 50.9 Å². The molecule has 0 bridgehead atoms. The minimum atomic E-state index is 0.129. The zero-order valence-electron chi connectivity index (χ0n) is 14.9. The van der Waals surface area contributed by atoms with Crippen LogP contribution in [0.3, 0.4) is 0 Å². The molecule has 1 amide bonds. The molecular weight excluding hydrogens is 350 g/mol. The second-order valence-corrected chi connectivity index (χ2v) is 7.86. The molecule has 1 aromatic carbocycles. The molecule has 1 saturated carbocycles. The number of likely N-dealkylation sites (tertiary alicyclic amines) is 1. The minimum absolute atomic E-state index is 0.129. The van der Waals surface area contributed by atoms with E-state index in [-0.39, 0.29) is 11.8 Å². The zero-order chi connectivity index (χ0) is 17.9. The number of amides is 1. The van der Waals surface area contributed by atoms with Crippen LogP contribution in [0, 0.1) is 5.92 Å². The Morgan fingerprint density at radius 1 is 1.08 bits per heavy atom. The fourth-order valence-corrected chi connectivity index (χ4v) is 4.23. The molecule has 5 nitrogen and oxygen atoms in total. The highest BCUT2D eigenvalue weighted by Gasteiger charge is 2.32. The van der Waals surface area contributed by atoms with E-state index in [2.05, 4.69) is 10.1 Å². The van der Waals surface area contributed by atoms with Crippen molar-refractivity contribution in [1.82, 2.24) is 15.0 Å². The molecule has 1 saturated heterocycles. The zero-order valence-corrected chi connectivity index (χ0v) is 15.6. The maximum absolute atomic E-state index is 12.8. The molecule has 2 aromatic rings. The predicted octanol–water partition coefficient (Wildman–Crippen LogP) is 4.68. The van der Waals surface area contributed by atoms with Crippen LogP contribution in [-0.2, 0) is 4.79 Å². The monoisotopic (exact) mass is 373 g/mol. The smallest absolute Gasteiger partial charge is 0.231 e. The Morgan fingerprint density at radius 2 is 1.85 bits per heavy atom. The third-order valence-corrected chi connectivity index (χ3v) is 5.83. The molecule has 1 atom stereocenters. The fourth-order valence-electron chi connectivity index (χ4n) is 4.10. The van der Waals surface area contributed by atoms with E-state index in [1.807, 2.05) is 29.2 Å². The Hall–Kier alpha value is -1.88. The van der Waals surface area contributed by atoms with Crippen LogP contribution in [0.4, 0.5) is 0 Å². The lowest BCUT2D eigenvalue weighted by molar-refractivity contribution is -0.137. The largest absolute Gasteiger partial charge is 0.342 e. The SMILES string of the molecule is O=C(C1CCCCC1)N1CCC[C@@H](c2nc(-c3ccc(Cl)cc3)no2)C1. The number of hydrogen-bond acceptors (Lipinski definition) is 4. The van der Waals surface area contributed by atoms with Crippen LogP contribution in [0.5, 0.6) is 0 Å². The Balaban J connectivity index is 1.44. The summed E-state index contributed by atoms with van der Waals surface area (Å²) in [7, 11) is 0. The number of halogens is 1. The summed E-state index contributed by atoms with van der Waals surface area (Å²) < 4.78 is 5.53. The van der Waals surface area contributed by atoms with Crippen LogP contribution in [-0.4, -0.2) is 34.0 Å². The van der Waals surface area contributed by atoms with E-state index in [1.165, 1.54) is 19.3 Å². The maximum Gasteiger partial charge on any atom is 0.231 e. The third-order valence-electron chi connectivity index (χ3n) is 5.58. The van der Waals surface area contributed by atoms with Gasteiger partial charge in [0.15, 0.2) is 0 Å². The Morgan fingerprint density at radius 3 is 2.62 bits per heavy atom. The molecule has 138 valence electrons. The number of piperidine rings is 1. The molecule has 6 heteroatoms. The van der Waals surface area contributed by atoms with E-state index in [0.29, 0.717) is 29.2 Å². The summed E-state index contributed by atoms with van der Waals surface area (Å²) in [5.74, 6) is 1.88. The summed E-state index contributed by atoms with van der Waals surface area (Å²) in [6, 6.07) is 7.41. The number of aromatic nitrogens is 2. The highest BCUT2D eigenvalue weighted by molar-refractivity contribution is 6.30. The van der Waals surface area contributed by atoms with Gasteiger partial charge in [0.1, 0.15) is 0 Å². The average molecular weight is 374 g/mol. The summed E-state index contributed by atoms with van der Waals surface area (Å²) in [6.07, 6.45) is 7.69. The van der Waals surface area contributed by atoms with Gasteiger partial charge in [-0.3, -0.25) is 4.79 Å². The van der Waals surface area contributed by atoms with Gasteiger partial charge in [-0.25, -0.2) is 0 Å². The first kappa shape index (κ1) is 17.5. The number of benzene rings is 1. The molecule has 0 spiro atoms. The first-order valence-corrected chi connectivity index (χ1v) is 9.97. The molecule has 0 N–H and O–H groups in total. The molecule has 4 rings (SSSR count). The van der Waals surface area contributed by atoms with E-state index in [1.54, 1.807) is 0 Å². The van der Waals surface area contributed by atoms with E-state index < -0.39 is 0 Å². The van der Waals surface area contributed by atoms with Crippen LogP contribution in [0.15, 0.2) is 28.8 Å². The normalized spacial score (nSPS) is 21.7. The van der Waals surface area contributed by atoms with Crippen molar-refractivity contribution in [3.05, 3.63) is 35.2 Å². The average Bonchev–Trinajstić information content (AvgIpc) is 3.19. The number of hydrogen-bond donors (Lipinski definition) is 0. The molecule has 26 heavy (non-hydrogen) atoms. The first-order valence-electron chi connectivity index (χ1n) is 9.59. The molecule has 2 fully saturated rings. The predicted molar refractivity (Wildman–Crippen MR) is 99.9 cm³/mol. The number of carbonyl (C=O) groups is 1. The molecular formula is C20H24ClN3O2. The lowest BCUT2D eigenvalue weighted by Gasteiger charge is -2.34. The van der Waals surface area contributed by atoms with Crippen molar-refractivity contribution in [2.24, 2.45) is 5.92 Å². The first-order chi connectivity index (χ1) is 12.7. The lowest BCUT2D eigenvalue weighted by atomic mass is 9.87. The number of carbonyl (C=O) groups excluding carboxylic acids is 1. The van der Waals surface area contributed by atoms with Gasteiger partial charge in [-0.2, -0.15) is 4.98 Å². The number of rotatable bonds is 3. The Bertz CT molecular complexity index is 753. The maximum atomic E-state index is 12.8. The molecule has 1 aliphatic heterocycles. The molecule has 2 aliphatic rings. The van der Waals surface area contributed by atoms with Gasteiger partial charge in [0.2, 0.25) is 17.6 Å². The highest BCUT2D eigenvalue weighted by atomic mass is 35.5. The summed E-state index contributed by atoms with van der Waals surface area (Å²) in [6.45, 7) is 1.54. The standard InChI is InChI=1S/C20H24ClN3O2/c21-17-10-8-14(9-11-17)18-22-19(26-23-18)16-7-4-12-24(13-16)20(25)15-5-2-1-3-6-15/h8-11,15-16H,1-7,12-13H2/t16-/m1/s1. The van der Waals surface area contributed by atoms with Crippen LogP contribution in [0.2, 0.25) is 5.02 Å².